The number of hydrogen-bond acceptors (Lipinski definition) is 3. The highest BCUT2D eigenvalue weighted by Crippen LogP contribution is 2.20. The fraction of sp³-hybridized carbons (Fsp3) is 0.500. The summed E-state index contributed by atoms with van der Waals surface area (Å²) >= 11 is 0. The van der Waals surface area contributed by atoms with E-state index < -0.39 is 0 Å². The first-order valence-corrected chi connectivity index (χ1v) is 5.41. The molecule has 0 aliphatic carbocycles. The first-order chi connectivity index (χ1) is 7.17. The molecule has 3 nitrogen and oxygen atoms in total. The van der Waals surface area contributed by atoms with Crippen molar-refractivity contribution in [3.63, 3.8) is 0 Å². The summed E-state index contributed by atoms with van der Waals surface area (Å²) in [5, 5.41) is 12.3. The molecule has 0 aromatic heterocycles. The number of aliphatic hydroxyl groups is 1. The molecular formula is C12H20N2O. The van der Waals surface area contributed by atoms with Crippen molar-refractivity contribution in [2.45, 2.75) is 32.7 Å². The first kappa shape index (κ1) is 11.9. The Bertz CT molecular complexity index is 312. The summed E-state index contributed by atoms with van der Waals surface area (Å²) in [6.45, 7) is 4.37. The SMILES string of the molecule is CCC(CCO)Nc1cc(N)ccc1C. The monoisotopic (exact) mass is 208 g/mol. The van der Waals surface area contributed by atoms with E-state index in [2.05, 4.69) is 12.2 Å². The Morgan fingerprint density at radius 2 is 2.20 bits per heavy atom. The highest BCUT2D eigenvalue weighted by molar-refractivity contribution is 5.59. The number of benzene rings is 1. The average molecular weight is 208 g/mol. The van der Waals surface area contributed by atoms with Crippen molar-refractivity contribution < 1.29 is 5.11 Å². The summed E-state index contributed by atoms with van der Waals surface area (Å²) in [6, 6.07) is 6.15. The van der Waals surface area contributed by atoms with Crippen LogP contribution in [-0.2, 0) is 0 Å². The van der Waals surface area contributed by atoms with E-state index >= 15 is 0 Å². The van der Waals surface area contributed by atoms with Crippen molar-refractivity contribution in [1.29, 1.82) is 0 Å². The Morgan fingerprint density at radius 3 is 2.80 bits per heavy atom. The molecule has 0 spiro atoms. The molecule has 0 fully saturated rings. The van der Waals surface area contributed by atoms with E-state index in [0.29, 0.717) is 6.04 Å². The predicted molar refractivity (Wildman–Crippen MR) is 65.0 cm³/mol. The lowest BCUT2D eigenvalue weighted by atomic mass is 10.1. The number of nitrogens with one attached hydrogen (secondary N) is 1. The summed E-state index contributed by atoms with van der Waals surface area (Å²) in [4.78, 5) is 0. The number of rotatable bonds is 5. The van der Waals surface area contributed by atoms with E-state index in [9.17, 15) is 0 Å². The summed E-state index contributed by atoms with van der Waals surface area (Å²) in [7, 11) is 0. The van der Waals surface area contributed by atoms with Crippen LogP contribution in [0.4, 0.5) is 11.4 Å². The second-order valence-electron chi connectivity index (χ2n) is 3.84. The van der Waals surface area contributed by atoms with E-state index in [-0.39, 0.29) is 6.61 Å². The molecular weight excluding hydrogens is 188 g/mol. The van der Waals surface area contributed by atoms with Gasteiger partial charge in [0.2, 0.25) is 0 Å². The molecule has 3 heteroatoms. The topological polar surface area (TPSA) is 58.3 Å². The first-order valence-electron chi connectivity index (χ1n) is 5.41. The van der Waals surface area contributed by atoms with Gasteiger partial charge in [0, 0.05) is 24.0 Å². The van der Waals surface area contributed by atoms with Crippen molar-refractivity contribution in [3.05, 3.63) is 23.8 Å². The maximum Gasteiger partial charge on any atom is 0.0450 e. The Hall–Kier alpha value is -1.22. The van der Waals surface area contributed by atoms with Crippen LogP contribution >= 0.6 is 0 Å². The number of anilines is 2. The van der Waals surface area contributed by atoms with Gasteiger partial charge in [-0.1, -0.05) is 13.0 Å². The van der Waals surface area contributed by atoms with Gasteiger partial charge in [-0.25, -0.2) is 0 Å². The van der Waals surface area contributed by atoms with Crippen LogP contribution in [0.25, 0.3) is 0 Å². The molecule has 0 amide bonds. The lowest BCUT2D eigenvalue weighted by Gasteiger charge is -2.19. The normalized spacial score (nSPS) is 12.5. The van der Waals surface area contributed by atoms with Gasteiger partial charge in [0.05, 0.1) is 0 Å². The van der Waals surface area contributed by atoms with Crippen LogP contribution < -0.4 is 11.1 Å². The highest BCUT2D eigenvalue weighted by atomic mass is 16.3. The molecule has 0 saturated heterocycles. The summed E-state index contributed by atoms with van der Waals surface area (Å²) in [5.74, 6) is 0. The van der Waals surface area contributed by atoms with Gasteiger partial charge in [-0.15, -0.1) is 0 Å². The van der Waals surface area contributed by atoms with Crippen LogP contribution in [-0.4, -0.2) is 17.8 Å². The van der Waals surface area contributed by atoms with Crippen LogP contribution in [0, 0.1) is 6.92 Å². The quantitative estimate of drug-likeness (QED) is 0.650. The molecule has 1 atom stereocenters. The molecule has 1 unspecified atom stereocenters. The largest absolute Gasteiger partial charge is 0.399 e. The van der Waals surface area contributed by atoms with Crippen LogP contribution in [0.5, 0.6) is 0 Å². The summed E-state index contributed by atoms with van der Waals surface area (Å²) in [6.07, 6.45) is 1.76. The molecule has 0 heterocycles. The average Bonchev–Trinajstić information content (AvgIpc) is 2.22. The standard InChI is InChI=1S/C12H20N2O/c1-3-11(6-7-15)14-12-8-10(13)5-4-9(12)2/h4-5,8,11,14-15H,3,6-7,13H2,1-2H3. The minimum Gasteiger partial charge on any atom is -0.399 e. The van der Waals surface area contributed by atoms with Gasteiger partial charge in [-0.05, 0) is 37.5 Å². The molecule has 0 aliphatic rings. The Labute approximate surface area is 91.3 Å². The van der Waals surface area contributed by atoms with Crippen LogP contribution in [0.15, 0.2) is 18.2 Å². The Kier molecular flexibility index (Phi) is 4.43. The smallest absolute Gasteiger partial charge is 0.0450 e. The van der Waals surface area contributed by atoms with Gasteiger partial charge in [-0.3, -0.25) is 0 Å². The number of nitrogen functional groups attached to an aromatic ring is 1. The fourth-order valence-corrected chi connectivity index (χ4v) is 1.55. The van der Waals surface area contributed by atoms with E-state index in [1.165, 1.54) is 5.56 Å². The third-order valence-corrected chi connectivity index (χ3v) is 2.59. The predicted octanol–water partition coefficient (Wildman–Crippen LogP) is 2.15. The van der Waals surface area contributed by atoms with Gasteiger partial charge >= 0.3 is 0 Å². The lowest BCUT2D eigenvalue weighted by Crippen LogP contribution is -2.20. The van der Waals surface area contributed by atoms with Gasteiger partial charge in [0.15, 0.2) is 0 Å². The lowest BCUT2D eigenvalue weighted by molar-refractivity contribution is 0.278. The molecule has 4 N–H and O–H groups in total. The van der Waals surface area contributed by atoms with Crippen molar-refractivity contribution in [2.75, 3.05) is 17.7 Å². The van der Waals surface area contributed by atoms with Crippen LogP contribution in [0.3, 0.4) is 0 Å². The molecule has 15 heavy (non-hydrogen) atoms. The second kappa shape index (κ2) is 5.61. The zero-order valence-corrected chi connectivity index (χ0v) is 9.46. The van der Waals surface area contributed by atoms with Crippen molar-refractivity contribution in [3.8, 4) is 0 Å². The molecule has 0 saturated carbocycles. The number of aliphatic hydroxyl groups excluding tert-OH is 1. The van der Waals surface area contributed by atoms with Crippen molar-refractivity contribution in [2.24, 2.45) is 0 Å². The second-order valence-corrected chi connectivity index (χ2v) is 3.84. The van der Waals surface area contributed by atoms with Gasteiger partial charge in [0.25, 0.3) is 0 Å². The zero-order chi connectivity index (χ0) is 11.3. The number of aryl methyl sites for hydroxylation is 1. The van der Waals surface area contributed by atoms with Gasteiger partial charge < -0.3 is 16.2 Å². The van der Waals surface area contributed by atoms with E-state index in [1.54, 1.807) is 0 Å². The molecule has 0 radical (unpaired) electrons. The third-order valence-electron chi connectivity index (χ3n) is 2.59. The van der Waals surface area contributed by atoms with Gasteiger partial charge in [-0.2, -0.15) is 0 Å². The van der Waals surface area contributed by atoms with Crippen LogP contribution in [0.1, 0.15) is 25.3 Å². The van der Waals surface area contributed by atoms with Crippen molar-refractivity contribution in [1.82, 2.24) is 0 Å². The van der Waals surface area contributed by atoms with E-state index in [4.69, 9.17) is 10.8 Å². The van der Waals surface area contributed by atoms with Gasteiger partial charge in [0.1, 0.15) is 0 Å². The Balaban J connectivity index is 2.73. The minimum atomic E-state index is 0.215. The molecule has 0 bridgehead atoms. The molecule has 84 valence electrons. The highest BCUT2D eigenvalue weighted by Gasteiger charge is 2.06. The minimum absolute atomic E-state index is 0.215. The Morgan fingerprint density at radius 1 is 1.47 bits per heavy atom. The zero-order valence-electron chi connectivity index (χ0n) is 9.46. The summed E-state index contributed by atoms with van der Waals surface area (Å²) in [5.41, 5.74) is 8.74. The molecule has 1 aromatic carbocycles. The molecule has 1 rings (SSSR count). The summed E-state index contributed by atoms with van der Waals surface area (Å²) < 4.78 is 0. The van der Waals surface area contributed by atoms with E-state index in [1.807, 2.05) is 25.1 Å². The maximum atomic E-state index is 8.90. The van der Waals surface area contributed by atoms with E-state index in [0.717, 1.165) is 24.2 Å². The molecule has 0 aliphatic heterocycles. The fourth-order valence-electron chi connectivity index (χ4n) is 1.55. The van der Waals surface area contributed by atoms with Crippen LogP contribution in [0.2, 0.25) is 0 Å². The maximum absolute atomic E-state index is 8.90. The third kappa shape index (κ3) is 3.44. The molecule has 1 aromatic rings. The number of nitrogens with two attached hydrogens (primary N) is 1. The van der Waals surface area contributed by atoms with Crippen molar-refractivity contribution >= 4 is 11.4 Å². The number of hydrogen-bond donors (Lipinski definition) is 3.